The van der Waals surface area contributed by atoms with Gasteiger partial charge in [0.25, 0.3) is 0 Å². The van der Waals surface area contributed by atoms with Gasteiger partial charge < -0.3 is 9.30 Å². The number of aromatic nitrogens is 2. The Bertz CT molecular complexity index is 450. The van der Waals surface area contributed by atoms with Gasteiger partial charge in [0.15, 0.2) is 0 Å². The summed E-state index contributed by atoms with van der Waals surface area (Å²) in [5.74, 6) is 1.90. The van der Waals surface area contributed by atoms with Crippen molar-refractivity contribution in [3.63, 3.8) is 0 Å². The predicted molar refractivity (Wildman–Crippen MR) is 66.6 cm³/mol. The van der Waals surface area contributed by atoms with Gasteiger partial charge in [-0.05, 0) is 31.2 Å². The van der Waals surface area contributed by atoms with Gasteiger partial charge in [-0.3, -0.25) is 0 Å². The molecule has 2 aromatic rings. The van der Waals surface area contributed by atoms with Gasteiger partial charge in [0.1, 0.15) is 18.2 Å². The van der Waals surface area contributed by atoms with Crippen molar-refractivity contribution >= 4 is 15.9 Å². The summed E-state index contributed by atoms with van der Waals surface area (Å²) in [5.41, 5.74) is 0. The summed E-state index contributed by atoms with van der Waals surface area (Å²) in [4.78, 5) is 4.16. The highest BCUT2D eigenvalue weighted by Gasteiger charge is 1.97. The Morgan fingerprint density at radius 1 is 1.31 bits per heavy atom. The third-order valence-electron chi connectivity index (χ3n) is 2.34. The van der Waals surface area contributed by atoms with Crippen molar-refractivity contribution in [3.8, 4) is 5.75 Å². The van der Waals surface area contributed by atoms with Crippen molar-refractivity contribution < 1.29 is 4.74 Å². The van der Waals surface area contributed by atoms with Gasteiger partial charge in [0.05, 0.1) is 6.54 Å². The van der Waals surface area contributed by atoms with E-state index < -0.39 is 0 Å². The highest BCUT2D eigenvalue weighted by Crippen LogP contribution is 2.15. The zero-order valence-corrected chi connectivity index (χ0v) is 10.6. The second-order valence-corrected chi connectivity index (χ2v) is 4.39. The first-order valence-corrected chi connectivity index (χ1v) is 5.91. The van der Waals surface area contributed by atoms with E-state index in [4.69, 9.17) is 4.74 Å². The maximum Gasteiger partial charge on any atom is 0.119 e. The molecular weight excluding hydrogens is 268 g/mol. The molecule has 4 heteroatoms. The maximum absolute atomic E-state index is 5.62. The summed E-state index contributed by atoms with van der Waals surface area (Å²) in [6.07, 6.45) is 3.76. The van der Waals surface area contributed by atoms with Crippen molar-refractivity contribution in [3.05, 3.63) is 47.0 Å². The molecule has 0 N–H and O–H groups in total. The Hall–Kier alpha value is -1.29. The highest BCUT2D eigenvalue weighted by atomic mass is 79.9. The van der Waals surface area contributed by atoms with Crippen LogP contribution in [0.4, 0.5) is 0 Å². The first-order chi connectivity index (χ1) is 7.75. The zero-order chi connectivity index (χ0) is 11.4. The fourth-order valence-electron chi connectivity index (χ4n) is 1.43. The Morgan fingerprint density at radius 3 is 2.69 bits per heavy atom. The lowest BCUT2D eigenvalue weighted by Gasteiger charge is -2.07. The van der Waals surface area contributed by atoms with E-state index in [9.17, 15) is 0 Å². The van der Waals surface area contributed by atoms with Crippen LogP contribution in [0.5, 0.6) is 5.75 Å². The van der Waals surface area contributed by atoms with Crippen LogP contribution in [0.2, 0.25) is 0 Å². The summed E-state index contributed by atoms with van der Waals surface area (Å²) >= 11 is 3.39. The third-order valence-corrected chi connectivity index (χ3v) is 2.87. The van der Waals surface area contributed by atoms with Gasteiger partial charge in [0.2, 0.25) is 0 Å². The van der Waals surface area contributed by atoms with E-state index in [0.29, 0.717) is 6.61 Å². The Labute approximate surface area is 103 Å². The predicted octanol–water partition coefficient (Wildman–Crippen LogP) is 3.03. The fraction of sp³-hybridized carbons (Fsp3) is 0.250. The second kappa shape index (κ2) is 5.16. The van der Waals surface area contributed by atoms with Crippen LogP contribution in [0.25, 0.3) is 0 Å². The molecule has 16 heavy (non-hydrogen) atoms. The van der Waals surface area contributed by atoms with E-state index in [0.717, 1.165) is 22.6 Å². The normalized spacial score (nSPS) is 10.4. The molecular formula is C12H13BrN2O. The number of ether oxygens (including phenoxy) is 1. The van der Waals surface area contributed by atoms with Gasteiger partial charge in [-0.2, -0.15) is 0 Å². The number of benzene rings is 1. The molecule has 0 aliphatic carbocycles. The van der Waals surface area contributed by atoms with Gasteiger partial charge in [-0.1, -0.05) is 15.9 Å². The van der Waals surface area contributed by atoms with E-state index in [2.05, 4.69) is 25.5 Å². The molecule has 0 spiro atoms. The Morgan fingerprint density at radius 2 is 2.06 bits per heavy atom. The summed E-state index contributed by atoms with van der Waals surface area (Å²) in [7, 11) is 0. The van der Waals surface area contributed by atoms with Crippen molar-refractivity contribution in [2.24, 2.45) is 0 Å². The number of aryl methyl sites for hydroxylation is 1. The zero-order valence-electron chi connectivity index (χ0n) is 9.06. The molecule has 0 radical (unpaired) electrons. The van der Waals surface area contributed by atoms with E-state index >= 15 is 0 Å². The molecule has 0 fully saturated rings. The molecule has 0 atom stereocenters. The monoisotopic (exact) mass is 280 g/mol. The average Bonchev–Trinajstić information content (AvgIpc) is 2.68. The van der Waals surface area contributed by atoms with Crippen molar-refractivity contribution in [1.29, 1.82) is 0 Å². The minimum absolute atomic E-state index is 0.652. The summed E-state index contributed by atoms with van der Waals surface area (Å²) in [6, 6.07) is 7.84. The lowest BCUT2D eigenvalue weighted by Crippen LogP contribution is -2.08. The molecule has 2 rings (SSSR count). The number of halogens is 1. The number of imidazole rings is 1. The van der Waals surface area contributed by atoms with Crippen LogP contribution in [0, 0.1) is 6.92 Å². The number of nitrogens with zero attached hydrogens (tertiary/aromatic N) is 2. The maximum atomic E-state index is 5.62. The lowest BCUT2D eigenvalue weighted by atomic mass is 10.3. The summed E-state index contributed by atoms with van der Waals surface area (Å²) in [6.45, 7) is 3.46. The molecule has 84 valence electrons. The lowest BCUT2D eigenvalue weighted by molar-refractivity contribution is 0.297. The molecule has 1 aromatic heterocycles. The average molecular weight is 281 g/mol. The van der Waals surface area contributed by atoms with Crippen LogP contribution in [-0.4, -0.2) is 16.2 Å². The number of hydrogen-bond donors (Lipinski definition) is 0. The van der Waals surface area contributed by atoms with E-state index in [1.54, 1.807) is 6.20 Å². The van der Waals surface area contributed by atoms with Crippen molar-refractivity contribution in [1.82, 2.24) is 9.55 Å². The van der Waals surface area contributed by atoms with Crippen molar-refractivity contribution in [2.45, 2.75) is 13.5 Å². The number of hydrogen-bond acceptors (Lipinski definition) is 2. The Kier molecular flexibility index (Phi) is 3.62. The molecule has 0 saturated heterocycles. The van der Waals surface area contributed by atoms with Crippen molar-refractivity contribution in [2.75, 3.05) is 6.61 Å². The molecule has 1 aromatic carbocycles. The van der Waals surface area contributed by atoms with Crippen LogP contribution in [-0.2, 0) is 6.54 Å². The number of rotatable bonds is 4. The minimum Gasteiger partial charge on any atom is -0.492 e. The molecule has 0 saturated carbocycles. The van der Waals surface area contributed by atoms with Crippen LogP contribution in [0.15, 0.2) is 41.1 Å². The standard InChI is InChI=1S/C12H13BrN2O/c1-10-14-6-7-15(10)8-9-16-12-4-2-11(13)3-5-12/h2-7H,8-9H2,1H3. The molecule has 0 amide bonds. The minimum atomic E-state index is 0.652. The van der Waals surface area contributed by atoms with Gasteiger partial charge in [0, 0.05) is 16.9 Å². The molecule has 1 heterocycles. The van der Waals surface area contributed by atoms with Crippen LogP contribution >= 0.6 is 15.9 Å². The van der Waals surface area contributed by atoms with Crippen LogP contribution in [0.1, 0.15) is 5.82 Å². The molecule has 0 aliphatic heterocycles. The topological polar surface area (TPSA) is 27.1 Å². The third kappa shape index (κ3) is 2.85. The van der Waals surface area contributed by atoms with E-state index in [1.807, 2.05) is 37.4 Å². The van der Waals surface area contributed by atoms with Gasteiger partial charge in [-0.25, -0.2) is 4.98 Å². The Balaban J connectivity index is 1.84. The van der Waals surface area contributed by atoms with E-state index in [-0.39, 0.29) is 0 Å². The SMILES string of the molecule is Cc1nccn1CCOc1ccc(Br)cc1. The molecule has 0 bridgehead atoms. The summed E-state index contributed by atoms with van der Waals surface area (Å²) in [5, 5.41) is 0. The fourth-order valence-corrected chi connectivity index (χ4v) is 1.70. The van der Waals surface area contributed by atoms with Crippen LogP contribution < -0.4 is 4.74 Å². The second-order valence-electron chi connectivity index (χ2n) is 3.47. The molecule has 0 aliphatic rings. The van der Waals surface area contributed by atoms with Gasteiger partial charge >= 0.3 is 0 Å². The quantitative estimate of drug-likeness (QED) is 0.861. The van der Waals surface area contributed by atoms with Crippen LogP contribution in [0.3, 0.4) is 0 Å². The highest BCUT2D eigenvalue weighted by molar-refractivity contribution is 9.10. The smallest absolute Gasteiger partial charge is 0.119 e. The molecule has 3 nitrogen and oxygen atoms in total. The first-order valence-electron chi connectivity index (χ1n) is 5.12. The summed E-state index contributed by atoms with van der Waals surface area (Å²) < 4.78 is 8.75. The first kappa shape index (κ1) is 11.2. The van der Waals surface area contributed by atoms with Gasteiger partial charge in [-0.15, -0.1) is 0 Å². The molecule has 0 unspecified atom stereocenters. The van der Waals surface area contributed by atoms with E-state index in [1.165, 1.54) is 0 Å². The largest absolute Gasteiger partial charge is 0.492 e.